The van der Waals surface area contributed by atoms with Gasteiger partial charge in [0.2, 0.25) is 0 Å². The molecule has 0 fully saturated rings. The van der Waals surface area contributed by atoms with Gasteiger partial charge in [-0.2, -0.15) is 0 Å². The van der Waals surface area contributed by atoms with Crippen LogP contribution in [0.3, 0.4) is 0 Å². The molecule has 0 atom stereocenters. The standard InChI is InChI=1S/C9H7NO4.C9H6O2/c11-9(12)6-5-7-3-1-2-4-8(7)10(13)14;10-9(11)7-6-8-4-2-1-3-5-8/h1-6H,(H,11,12);1-5H,(H,10,11)/b6-5+;. The molecule has 0 aliphatic heterocycles. The highest BCUT2D eigenvalue weighted by Gasteiger charge is 2.09. The highest BCUT2D eigenvalue weighted by atomic mass is 16.6. The molecule has 126 valence electrons. The molecule has 0 bridgehead atoms. The van der Waals surface area contributed by atoms with Gasteiger partial charge in [0.15, 0.2) is 0 Å². The lowest BCUT2D eigenvalue weighted by atomic mass is 10.1. The highest BCUT2D eigenvalue weighted by molar-refractivity contribution is 5.87. The Labute approximate surface area is 143 Å². The number of carbonyl (C=O) groups is 2. The topological polar surface area (TPSA) is 118 Å². The van der Waals surface area contributed by atoms with Crippen molar-refractivity contribution < 1.29 is 24.7 Å². The second-order valence-electron chi connectivity index (χ2n) is 4.41. The fraction of sp³-hybridized carbons (Fsp3) is 0. The summed E-state index contributed by atoms with van der Waals surface area (Å²) >= 11 is 0. The monoisotopic (exact) mass is 339 g/mol. The molecule has 25 heavy (non-hydrogen) atoms. The second-order valence-corrected chi connectivity index (χ2v) is 4.41. The average molecular weight is 339 g/mol. The SMILES string of the molecule is O=C(O)/C=C/c1ccccc1[N+](=O)[O-].O=C(O)C#Cc1ccccc1. The Bertz CT molecular complexity index is 847. The number of aliphatic carboxylic acids is 2. The van der Waals surface area contributed by atoms with E-state index in [0.29, 0.717) is 0 Å². The zero-order valence-corrected chi connectivity index (χ0v) is 12.8. The van der Waals surface area contributed by atoms with Crippen molar-refractivity contribution in [1.82, 2.24) is 0 Å². The number of para-hydroxylation sites is 1. The van der Waals surface area contributed by atoms with E-state index in [4.69, 9.17) is 10.2 Å². The van der Waals surface area contributed by atoms with E-state index in [-0.39, 0.29) is 11.3 Å². The first-order valence-corrected chi connectivity index (χ1v) is 6.84. The minimum atomic E-state index is -1.14. The van der Waals surface area contributed by atoms with Gasteiger partial charge in [-0.25, -0.2) is 9.59 Å². The van der Waals surface area contributed by atoms with Gasteiger partial charge < -0.3 is 10.2 Å². The molecule has 0 heterocycles. The van der Waals surface area contributed by atoms with Gasteiger partial charge in [0.05, 0.1) is 10.5 Å². The van der Waals surface area contributed by atoms with Crippen molar-refractivity contribution in [3.63, 3.8) is 0 Å². The first-order valence-electron chi connectivity index (χ1n) is 6.84. The molecule has 7 heteroatoms. The summed E-state index contributed by atoms with van der Waals surface area (Å²) in [6.45, 7) is 0. The Morgan fingerprint density at radius 2 is 1.60 bits per heavy atom. The van der Waals surface area contributed by atoms with E-state index in [1.54, 1.807) is 18.2 Å². The van der Waals surface area contributed by atoms with Gasteiger partial charge in [-0.3, -0.25) is 10.1 Å². The van der Waals surface area contributed by atoms with Crippen LogP contribution in [0.15, 0.2) is 60.7 Å². The summed E-state index contributed by atoms with van der Waals surface area (Å²) in [4.78, 5) is 30.1. The van der Waals surface area contributed by atoms with Crippen LogP contribution in [0.4, 0.5) is 5.69 Å². The molecule has 0 aromatic heterocycles. The van der Waals surface area contributed by atoms with Crippen LogP contribution in [-0.4, -0.2) is 27.1 Å². The van der Waals surface area contributed by atoms with Gasteiger partial charge in [-0.1, -0.05) is 36.3 Å². The Morgan fingerprint density at radius 3 is 2.16 bits per heavy atom. The quantitative estimate of drug-likeness (QED) is 0.384. The van der Waals surface area contributed by atoms with Gasteiger partial charge in [-0.15, -0.1) is 0 Å². The largest absolute Gasteiger partial charge is 0.478 e. The maximum absolute atomic E-state index is 10.5. The van der Waals surface area contributed by atoms with Crippen LogP contribution in [-0.2, 0) is 9.59 Å². The summed E-state index contributed by atoms with van der Waals surface area (Å²) in [6.07, 6.45) is 2.06. The predicted octanol–water partition coefficient (Wildman–Crippen LogP) is 2.82. The summed E-state index contributed by atoms with van der Waals surface area (Å²) in [7, 11) is 0. The van der Waals surface area contributed by atoms with Crippen LogP contribution in [0.2, 0.25) is 0 Å². The van der Waals surface area contributed by atoms with Crippen molar-refractivity contribution in [1.29, 1.82) is 0 Å². The molecule has 0 spiro atoms. The molecule has 2 N–H and O–H groups in total. The average Bonchev–Trinajstić information content (AvgIpc) is 2.60. The Kier molecular flexibility index (Phi) is 7.63. The normalized spacial score (nSPS) is 9.28. The summed E-state index contributed by atoms with van der Waals surface area (Å²) in [5, 5.41) is 27.0. The maximum Gasteiger partial charge on any atom is 0.382 e. The lowest BCUT2D eigenvalue weighted by Crippen LogP contribution is -1.91. The molecular formula is C18H13NO6. The van der Waals surface area contributed by atoms with Crippen molar-refractivity contribution >= 4 is 23.7 Å². The Hall–Kier alpha value is -3.92. The molecule has 0 aliphatic rings. The van der Waals surface area contributed by atoms with Crippen LogP contribution in [0.25, 0.3) is 6.08 Å². The van der Waals surface area contributed by atoms with Crippen molar-refractivity contribution in [2.75, 3.05) is 0 Å². The lowest BCUT2D eigenvalue weighted by Gasteiger charge is -1.94. The molecule has 2 aromatic rings. The maximum atomic E-state index is 10.5. The van der Waals surface area contributed by atoms with Crippen LogP contribution in [0, 0.1) is 22.0 Å². The van der Waals surface area contributed by atoms with Crippen molar-refractivity contribution in [3.05, 3.63) is 81.9 Å². The van der Waals surface area contributed by atoms with Crippen molar-refractivity contribution in [2.24, 2.45) is 0 Å². The number of nitro benzene ring substituents is 1. The second kappa shape index (κ2) is 9.97. The first kappa shape index (κ1) is 19.1. The fourth-order valence-corrected chi connectivity index (χ4v) is 1.60. The number of carboxylic acids is 2. The van der Waals surface area contributed by atoms with Crippen LogP contribution >= 0.6 is 0 Å². The fourth-order valence-electron chi connectivity index (χ4n) is 1.60. The third kappa shape index (κ3) is 7.76. The predicted molar refractivity (Wildman–Crippen MR) is 90.7 cm³/mol. The number of carboxylic acid groups (broad SMARTS) is 2. The highest BCUT2D eigenvalue weighted by Crippen LogP contribution is 2.18. The van der Waals surface area contributed by atoms with E-state index in [1.165, 1.54) is 24.3 Å². The number of hydrogen-bond donors (Lipinski definition) is 2. The van der Waals surface area contributed by atoms with Crippen LogP contribution < -0.4 is 0 Å². The van der Waals surface area contributed by atoms with Crippen LogP contribution in [0.1, 0.15) is 11.1 Å². The van der Waals surface area contributed by atoms with E-state index in [0.717, 1.165) is 11.6 Å². The van der Waals surface area contributed by atoms with Gasteiger partial charge >= 0.3 is 11.9 Å². The smallest absolute Gasteiger partial charge is 0.382 e. The number of nitro groups is 1. The molecule has 0 saturated carbocycles. The zero-order valence-electron chi connectivity index (χ0n) is 12.8. The lowest BCUT2D eigenvalue weighted by molar-refractivity contribution is -0.385. The Balaban J connectivity index is 0.000000257. The third-order valence-corrected chi connectivity index (χ3v) is 2.63. The third-order valence-electron chi connectivity index (χ3n) is 2.63. The van der Waals surface area contributed by atoms with E-state index in [1.807, 2.05) is 24.1 Å². The van der Waals surface area contributed by atoms with E-state index < -0.39 is 16.9 Å². The van der Waals surface area contributed by atoms with Gasteiger partial charge in [-0.05, 0) is 24.3 Å². The van der Waals surface area contributed by atoms with E-state index in [2.05, 4.69) is 5.92 Å². The Morgan fingerprint density at radius 1 is 1.00 bits per heavy atom. The number of benzene rings is 2. The number of nitrogens with zero attached hydrogens (tertiary/aromatic N) is 1. The van der Waals surface area contributed by atoms with Gasteiger partial charge in [0.1, 0.15) is 0 Å². The minimum absolute atomic E-state index is 0.106. The van der Waals surface area contributed by atoms with Crippen molar-refractivity contribution in [2.45, 2.75) is 0 Å². The summed E-state index contributed by atoms with van der Waals surface area (Å²) in [5.41, 5.74) is 0.889. The van der Waals surface area contributed by atoms with Crippen LogP contribution in [0.5, 0.6) is 0 Å². The molecule has 0 radical (unpaired) electrons. The van der Waals surface area contributed by atoms with Crippen molar-refractivity contribution in [3.8, 4) is 11.8 Å². The minimum Gasteiger partial charge on any atom is -0.478 e. The molecule has 7 nitrogen and oxygen atoms in total. The van der Waals surface area contributed by atoms with E-state index >= 15 is 0 Å². The molecule has 0 aliphatic carbocycles. The van der Waals surface area contributed by atoms with E-state index in [9.17, 15) is 19.7 Å². The zero-order chi connectivity index (χ0) is 18.7. The molecule has 0 saturated heterocycles. The first-order chi connectivity index (χ1) is 11.9. The number of rotatable bonds is 3. The van der Waals surface area contributed by atoms with Gasteiger partial charge in [0.25, 0.3) is 5.69 Å². The molecule has 0 unspecified atom stereocenters. The summed E-state index contributed by atoms with van der Waals surface area (Å²) < 4.78 is 0. The summed E-state index contributed by atoms with van der Waals surface area (Å²) in [6, 6.07) is 14.9. The number of hydrogen-bond acceptors (Lipinski definition) is 4. The molecule has 2 rings (SSSR count). The van der Waals surface area contributed by atoms with Gasteiger partial charge in [0, 0.05) is 23.6 Å². The molecular weight excluding hydrogens is 326 g/mol. The molecule has 2 aromatic carbocycles. The summed E-state index contributed by atoms with van der Waals surface area (Å²) in [5.74, 6) is 2.28. The molecule has 0 amide bonds.